The highest BCUT2D eigenvalue weighted by atomic mass is 16.6. The highest BCUT2D eigenvalue weighted by Crippen LogP contribution is 2.35. The van der Waals surface area contributed by atoms with Gasteiger partial charge in [-0.1, -0.05) is 25.1 Å². The van der Waals surface area contributed by atoms with E-state index >= 15 is 0 Å². The number of nitrogens with zero attached hydrogens (tertiary/aromatic N) is 2. The number of hydrogen-bond donors (Lipinski definition) is 2. The predicted molar refractivity (Wildman–Crippen MR) is 150 cm³/mol. The maximum absolute atomic E-state index is 13.6. The van der Waals surface area contributed by atoms with Gasteiger partial charge in [-0.25, -0.2) is 4.79 Å². The number of likely N-dealkylation sites (tertiary alicyclic amines) is 1. The van der Waals surface area contributed by atoms with E-state index in [-0.39, 0.29) is 36.3 Å². The molecule has 2 aromatic heterocycles. The van der Waals surface area contributed by atoms with Gasteiger partial charge in [0.05, 0.1) is 11.7 Å². The third-order valence-electron chi connectivity index (χ3n) is 7.78. The van der Waals surface area contributed by atoms with Crippen LogP contribution in [0.1, 0.15) is 79.5 Å². The van der Waals surface area contributed by atoms with Gasteiger partial charge in [0, 0.05) is 53.5 Å². The second-order valence-corrected chi connectivity index (χ2v) is 10.7. The number of amides is 2. The lowest BCUT2D eigenvalue weighted by Gasteiger charge is -2.36. The molecule has 8 nitrogen and oxygen atoms in total. The number of hydrogen-bond acceptors (Lipinski definition) is 4. The minimum Gasteiger partial charge on any atom is -0.447 e. The van der Waals surface area contributed by atoms with Crippen molar-refractivity contribution < 1.29 is 14.3 Å². The quantitative estimate of drug-likeness (QED) is 0.444. The van der Waals surface area contributed by atoms with E-state index in [9.17, 15) is 14.4 Å². The molecule has 3 heterocycles. The molecule has 1 unspecified atom stereocenters. The summed E-state index contributed by atoms with van der Waals surface area (Å²) in [6, 6.07) is 10.1. The van der Waals surface area contributed by atoms with Crippen LogP contribution >= 0.6 is 0 Å². The maximum Gasteiger partial charge on any atom is 0.410 e. The van der Waals surface area contributed by atoms with Crippen LogP contribution in [-0.2, 0) is 17.7 Å². The molecule has 2 N–H and O–H groups in total. The number of para-hydroxylation sites is 1. The molecule has 1 aliphatic rings. The van der Waals surface area contributed by atoms with Crippen LogP contribution < -0.4 is 10.9 Å². The molecule has 1 saturated heterocycles. The fourth-order valence-electron chi connectivity index (χ4n) is 5.81. The first-order valence-corrected chi connectivity index (χ1v) is 13.7. The third kappa shape index (κ3) is 5.49. The lowest BCUT2D eigenvalue weighted by atomic mass is 9.90. The van der Waals surface area contributed by atoms with E-state index in [1.165, 1.54) is 0 Å². The molecular formula is C30H40N4O4. The number of benzene rings is 1. The van der Waals surface area contributed by atoms with Crippen molar-refractivity contribution in [1.29, 1.82) is 0 Å². The summed E-state index contributed by atoms with van der Waals surface area (Å²) in [6.07, 6.45) is 2.09. The monoisotopic (exact) mass is 520 g/mol. The molecule has 1 aliphatic heterocycles. The number of carbonyl (C=O) groups excluding carboxylic acids is 2. The first-order valence-electron chi connectivity index (χ1n) is 13.7. The smallest absolute Gasteiger partial charge is 0.410 e. The Morgan fingerprint density at radius 1 is 1.13 bits per heavy atom. The second-order valence-electron chi connectivity index (χ2n) is 10.7. The highest BCUT2D eigenvalue weighted by molar-refractivity contribution is 6.08. The molecule has 8 heteroatoms. The summed E-state index contributed by atoms with van der Waals surface area (Å²) in [5.41, 5.74) is 4.79. The summed E-state index contributed by atoms with van der Waals surface area (Å²) in [6.45, 7) is 13.3. The summed E-state index contributed by atoms with van der Waals surface area (Å²) in [5, 5.41) is 3.92. The van der Waals surface area contributed by atoms with E-state index in [4.69, 9.17) is 4.74 Å². The normalized spacial score (nSPS) is 15.2. The van der Waals surface area contributed by atoms with Crippen molar-refractivity contribution in [3.8, 4) is 0 Å². The van der Waals surface area contributed by atoms with Crippen molar-refractivity contribution >= 4 is 22.9 Å². The molecule has 1 fully saturated rings. The van der Waals surface area contributed by atoms with Gasteiger partial charge in [0.25, 0.3) is 11.5 Å². The highest BCUT2D eigenvalue weighted by Gasteiger charge is 2.31. The van der Waals surface area contributed by atoms with E-state index < -0.39 is 0 Å². The number of ether oxygens (including phenoxy) is 1. The number of aromatic nitrogens is 2. The Bertz CT molecular complexity index is 1380. The predicted octanol–water partition coefficient (Wildman–Crippen LogP) is 5.26. The van der Waals surface area contributed by atoms with Gasteiger partial charge >= 0.3 is 6.09 Å². The van der Waals surface area contributed by atoms with Gasteiger partial charge in [-0.3, -0.25) is 9.59 Å². The summed E-state index contributed by atoms with van der Waals surface area (Å²) >= 11 is 0. The summed E-state index contributed by atoms with van der Waals surface area (Å²) < 4.78 is 7.65. The molecule has 1 atom stereocenters. The average Bonchev–Trinajstić information content (AvgIpc) is 3.18. The first kappa shape index (κ1) is 27.5. The molecule has 0 aliphatic carbocycles. The number of carbonyl (C=O) groups is 2. The number of H-pyrrole nitrogens is 1. The van der Waals surface area contributed by atoms with Crippen LogP contribution in [0.5, 0.6) is 0 Å². The van der Waals surface area contributed by atoms with Gasteiger partial charge in [-0.05, 0) is 77.5 Å². The van der Waals surface area contributed by atoms with Gasteiger partial charge in [0.2, 0.25) is 0 Å². The molecular weight excluding hydrogens is 480 g/mol. The van der Waals surface area contributed by atoms with Crippen LogP contribution in [0.15, 0.2) is 35.1 Å². The number of nitrogens with one attached hydrogen (secondary N) is 2. The Balaban J connectivity index is 1.56. The van der Waals surface area contributed by atoms with Crippen LogP contribution in [0.2, 0.25) is 0 Å². The zero-order valence-electron chi connectivity index (χ0n) is 23.4. The molecule has 0 spiro atoms. The molecule has 2 amide bonds. The van der Waals surface area contributed by atoms with Crippen molar-refractivity contribution in [2.24, 2.45) is 5.92 Å². The molecule has 4 rings (SSSR count). The standard InChI is InChI=1S/C30H40N4O4/c1-7-22-16-19(4)32-28(35)25(22)17-31-29(36)27-21(6)34(26-11-9-8-10-24(26)27)20(5)23-12-14-33(15-13-23)30(37)38-18(2)3/h8-11,16,18,20,23H,7,12-15,17H2,1-6H3,(H,31,36)(H,32,35). The van der Waals surface area contributed by atoms with E-state index in [0.717, 1.165) is 47.1 Å². The molecule has 0 bridgehead atoms. The Hall–Kier alpha value is -3.55. The minimum absolute atomic E-state index is 0.129. The fraction of sp³-hybridized carbons (Fsp3) is 0.500. The average molecular weight is 521 g/mol. The van der Waals surface area contributed by atoms with E-state index in [0.29, 0.717) is 30.1 Å². The molecule has 3 aromatic rings. The SMILES string of the molecule is CCc1cc(C)[nH]c(=O)c1CNC(=O)c1c(C)n(C(C)C2CCN(C(=O)OC(C)C)CC2)c2ccccc12. The Labute approximate surface area is 224 Å². The lowest BCUT2D eigenvalue weighted by molar-refractivity contribution is 0.0615. The van der Waals surface area contributed by atoms with Gasteiger partial charge in [-0.15, -0.1) is 0 Å². The van der Waals surface area contributed by atoms with Crippen LogP contribution in [0.4, 0.5) is 4.79 Å². The van der Waals surface area contributed by atoms with Gasteiger partial charge in [0.1, 0.15) is 0 Å². The summed E-state index contributed by atoms with van der Waals surface area (Å²) in [7, 11) is 0. The van der Waals surface area contributed by atoms with Gasteiger partial charge in [0.15, 0.2) is 0 Å². The largest absolute Gasteiger partial charge is 0.447 e. The number of aryl methyl sites for hydroxylation is 2. The van der Waals surface area contributed by atoms with E-state index in [2.05, 4.69) is 27.9 Å². The van der Waals surface area contributed by atoms with Crippen LogP contribution in [-0.4, -0.2) is 45.6 Å². The fourth-order valence-corrected chi connectivity index (χ4v) is 5.81. The van der Waals surface area contributed by atoms with Gasteiger partial charge in [-0.2, -0.15) is 0 Å². The zero-order valence-corrected chi connectivity index (χ0v) is 23.4. The van der Waals surface area contributed by atoms with Gasteiger partial charge < -0.3 is 24.5 Å². The summed E-state index contributed by atoms with van der Waals surface area (Å²) in [5.74, 6) is 0.180. The number of aromatic amines is 1. The van der Waals surface area contributed by atoms with Crippen molar-refractivity contribution in [3.05, 3.63) is 68.8 Å². The number of piperidine rings is 1. The number of fused-ring (bicyclic) bond motifs is 1. The Morgan fingerprint density at radius 3 is 2.47 bits per heavy atom. The number of pyridine rings is 1. The Morgan fingerprint density at radius 2 is 1.82 bits per heavy atom. The summed E-state index contributed by atoms with van der Waals surface area (Å²) in [4.78, 5) is 43.1. The van der Waals surface area contributed by atoms with E-state index in [1.807, 2.05) is 58.9 Å². The first-order chi connectivity index (χ1) is 18.1. The van der Waals surface area contributed by atoms with Crippen LogP contribution in [0.25, 0.3) is 10.9 Å². The van der Waals surface area contributed by atoms with Crippen LogP contribution in [0, 0.1) is 19.8 Å². The zero-order chi connectivity index (χ0) is 27.6. The third-order valence-corrected chi connectivity index (χ3v) is 7.78. The minimum atomic E-state index is -0.244. The van der Waals surface area contributed by atoms with Crippen molar-refractivity contribution in [2.75, 3.05) is 13.1 Å². The maximum atomic E-state index is 13.6. The van der Waals surface area contributed by atoms with Crippen molar-refractivity contribution in [1.82, 2.24) is 19.8 Å². The molecule has 204 valence electrons. The van der Waals surface area contributed by atoms with Crippen LogP contribution in [0.3, 0.4) is 0 Å². The topological polar surface area (TPSA) is 96.4 Å². The van der Waals surface area contributed by atoms with E-state index in [1.54, 1.807) is 4.90 Å². The van der Waals surface area contributed by atoms with Crippen molar-refractivity contribution in [3.63, 3.8) is 0 Å². The molecule has 1 aromatic carbocycles. The lowest BCUT2D eigenvalue weighted by Crippen LogP contribution is -2.41. The second kappa shape index (κ2) is 11.5. The number of rotatable bonds is 7. The molecule has 0 radical (unpaired) electrons. The molecule has 0 saturated carbocycles. The van der Waals surface area contributed by atoms with Crippen molar-refractivity contribution in [2.45, 2.75) is 79.5 Å². The Kier molecular flexibility index (Phi) is 8.29. The molecule has 38 heavy (non-hydrogen) atoms.